The van der Waals surface area contributed by atoms with Crippen LogP contribution in [-0.2, 0) is 16.0 Å². The lowest BCUT2D eigenvalue weighted by Gasteiger charge is -2.18. The molecular formula is C15H20N2O5. The SMILES string of the molecule is CCC(CC[N+](=O)[O-])C(=O)NC(Cc1ccccc1)C(=O)O. The van der Waals surface area contributed by atoms with E-state index < -0.39 is 28.8 Å². The van der Waals surface area contributed by atoms with Gasteiger partial charge in [0.25, 0.3) is 0 Å². The molecule has 120 valence electrons. The molecule has 0 aromatic heterocycles. The summed E-state index contributed by atoms with van der Waals surface area (Å²) in [5, 5.41) is 22.1. The Morgan fingerprint density at radius 2 is 1.95 bits per heavy atom. The number of benzene rings is 1. The van der Waals surface area contributed by atoms with Gasteiger partial charge in [0.05, 0.1) is 0 Å². The van der Waals surface area contributed by atoms with Crippen molar-refractivity contribution >= 4 is 11.9 Å². The molecule has 1 aromatic rings. The van der Waals surface area contributed by atoms with Crippen LogP contribution in [0.2, 0.25) is 0 Å². The highest BCUT2D eigenvalue weighted by molar-refractivity contribution is 5.85. The summed E-state index contributed by atoms with van der Waals surface area (Å²) in [4.78, 5) is 33.3. The molecule has 0 aliphatic carbocycles. The van der Waals surface area contributed by atoms with Gasteiger partial charge in [-0.05, 0) is 12.0 Å². The predicted molar refractivity (Wildman–Crippen MR) is 80.0 cm³/mol. The highest BCUT2D eigenvalue weighted by atomic mass is 16.6. The zero-order valence-electron chi connectivity index (χ0n) is 12.4. The second-order valence-electron chi connectivity index (χ2n) is 5.04. The first kappa shape index (κ1) is 17.6. The van der Waals surface area contributed by atoms with Gasteiger partial charge in [0.1, 0.15) is 6.04 Å². The number of rotatable bonds is 9. The van der Waals surface area contributed by atoms with Gasteiger partial charge in [0.15, 0.2) is 0 Å². The van der Waals surface area contributed by atoms with Crippen LogP contribution < -0.4 is 5.32 Å². The fraction of sp³-hybridized carbons (Fsp3) is 0.467. The summed E-state index contributed by atoms with van der Waals surface area (Å²) in [7, 11) is 0. The van der Waals surface area contributed by atoms with Crippen LogP contribution in [0.25, 0.3) is 0 Å². The largest absolute Gasteiger partial charge is 0.480 e. The zero-order chi connectivity index (χ0) is 16.5. The van der Waals surface area contributed by atoms with E-state index >= 15 is 0 Å². The summed E-state index contributed by atoms with van der Waals surface area (Å²) in [6, 6.07) is 7.93. The van der Waals surface area contributed by atoms with Crippen LogP contribution in [0.5, 0.6) is 0 Å². The van der Waals surface area contributed by atoms with Crippen molar-refractivity contribution in [1.82, 2.24) is 5.32 Å². The Bertz CT molecular complexity index is 518. The number of amides is 1. The first-order valence-corrected chi connectivity index (χ1v) is 7.13. The molecule has 7 heteroatoms. The maximum Gasteiger partial charge on any atom is 0.326 e. The highest BCUT2D eigenvalue weighted by Crippen LogP contribution is 2.10. The predicted octanol–water partition coefficient (Wildman–Crippen LogP) is 1.49. The molecule has 0 saturated carbocycles. The second-order valence-corrected chi connectivity index (χ2v) is 5.04. The zero-order valence-corrected chi connectivity index (χ0v) is 12.4. The van der Waals surface area contributed by atoms with E-state index in [9.17, 15) is 24.8 Å². The molecule has 2 atom stereocenters. The first-order chi connectivity index (χ1) is 10.4. The van der Waals surface area contributed by atoms with Crippen LogP contribution in [0, 0.1) is 16.0 Å². The summed E-state index contributed by atoms with van der Waals surface area (Å²) in [6.07, 6.45) is 0.706. The first-order valence-electron chi connectivity index (χ1n) is 7.13. The number of hydrogen-bond donors (Lipinski definition) is 2. The van der Waals surface area contributed by atoms with Crippen LogP contribution in [0.4, 0.5) is 0 Å². The van der Waals surface area contributed by atoms with Crippen molar-refractivity contribution in [2.24, 2.45) is 5.92 Å². The Morgan fingerprint density at radius 3 is 2.45 bits per heavy atom. The van der Waals surface area contributed by atoms with E-state index in [1.165, 1.54) is 0 Å². The number of carbonyl (C=O) groups excluding carboxylic acids is 1. The number of carboxylic acid groups (broad SMARTS) is 1. The van der Waals surface area contributed by atoms with Gasteiger partial charge in [-0.15, -0.1) is 0 Å². The van der Waals surface area contributed by atoms with Crippen molar-refractivity contribution in [2.45, 2.75) is 32.2 Å². The number of aliphatic carboxylic acids is 1. The second kappa shape index (κ2) is 8.76. The number of nitro groups is 1. The van der Waals surface area contributed by atoms with Gasteiger partial charge in [0, 0.05) is 23.7 Å². The van der Waals surface area contributed by atoms with Crippen LogP contribution in [0.3, 0.4) is 0 Å². The molecule has 0 aliphatic rings. The summed E-state index contributed by atoms with van der Waals surface area (Å²) >= 11 is 0. The molecule has 0 aliphatic heterocycles. The van der Waals surface area contributed by atoms with Crippen molar-refractivity contribution in [2.75, 3.05) is 6.54 Å². The lowest BCUT2D eigenvalue weighted by molar-refractivity contribution is -0.481. The quantitative estimate of drug-likeness (QED) is 0.530. The number of carboxylic acids is 1. The monoisotopic (exact) mass is 308 g/mol. The fourth-order valence-corrected chi connectivity index (χ4v) is 2.12. The molecule has 0 spiro atoms. The standard InChI is InChI=1S/C15H20N2O5/c1-2-12(8-9-17(21)22)14(18)16-13(15(19)20)10-11-6-4-3-5-7-11/h3-7,12-13H,2,8-10H2,1H3,(H,16,18)(H,19,20). The van der Waals surface area contributed by atoms with Crippen LogP contribution in [0.1, 0.15) is 25.3 Å². The Morgan fingerprint density at radius 1 is 1.32 bits per heavy atom. The minimum absolute atomic E-state index is 0.104. The maximum atomic E-state index is 12.1. The van der Waals surface area contributed by atoms with Crippen LogP contribution in [0.15, 0.2) is 30.3 Å². The van der Waals surface area contributed by atoms with Gasteiger partial charge in [0.2, 0.25) is 12.5 Å². The molecule has 0 fully saturated rings. The van der Waals surface area contributed by atoms with Crippen molar-refractivity contribution in [3.8, 4) is 0 Å². The number of hydrogen-bond acceptors (Lipinski definition) is 4. The Hall–Kier alpha value is -2.44. The molecule has 1 amide bonds. The normalized spacial score (nSPS) is 13.1. The van der Waals surface area contributed by atoms with Gasteiger partial charge < -0.3 is 10.4 Å². The topological polar surface area (TPSA) is 110 Å². The summed E-state index contributed by atoms with van der Waals surface area (Å²) in [5.41, 5.74) is 0.800. The number of nitrogens with one attached hydrogen (secondary N) is 1. The molecule has 1 rings (SSSR count). The third-order valence-corrected chi connectivity index (χ3v) is 3.42. The third-order valence-electron chi connectivity index (χ3n) is 3.42. The van der Waals surface area contributed by atoms with Gasteiger partial charge in [-0.1, -0.05) is 37.3 Å². The Balaban J connectivity index is 2.66. The molecule has 2 unspecified atom stereocenters. The number of nitrogens with zero attached hydrogens (tertiary/aromatic N) is 1. The lowest BCUT2D eigenvalue weighted by Crippen LogP contribution is -2.45. The van der Waals surface area contributed by atoms with Crippen molar-refractivity contribution in [3.63, 3.8) is 0 Å². The minimum atomic E-state index is -1.12. The minimum Gasteiger partial charge on any atom is -0.480 e. The summed E-state index contributed by atoms with van der Waals surface area (Å²) in [6.45, 7) is 1.44. The van der Waals surface area contributed by atoms with Crippen LogP contribution in [-0.4, -0.2) is 34.5 Å². The smallest absolute Gasteiger partial charge is 0.326 e. The molecule has 0 radical (unpaired) electrons. The van der Waals surface area contributed by atoms with E-state index in [2.05, 4.69) is 5.32 Å². The molecule has 0 bridgehead atoms. The lowest BCUT2D eigenvalue weighted by atomic mass is 9.99. The van der Waals surface area contributed by atoms with Gasteiger partial charge >= 0.3 is 5.97 Å². The third kappa shape index (κ3) is 5.90. The highest BCUT2D eigenvalue weighted by Gasteiger charge is 2.25. The molecule has 22 heavy (non-hydrogen) atoms. The van der Waals surface area contributed by atoms with Crippen molar-refractivity contribution in [1.29, 1.82) is 0 Å². The molecule has 1 aromatic carbocycles. The van der Waals surface area contributed by atoms with E-state index in [0.29, 0.717) is 6.42 Å². The molecule has 7 nitrogen and oxygen atoms in total. The molecular weight excluding hydrogens is 288 g/mol. The van der Waals surface area contributed by atoms with E-state index in [4.69, 9.17) is 0 Å². The van der Waals surface area contributed by atoms with E-state index in [-0.39, 0.29) is 19.4 Å². The van der Waals surface area contributed by atoms with Gasteiger partial charge in [-0.25, -0.2) is 4.79 Å². The van der Waals surface area contributed by atoms with E-state index in [1.54, 1.807) is 31.2 Å². The van der Waals surface area contributed by atoms with Gasteiger partial charge in [-0.2, -0.15) is 0 Å². The van der Waals surface area contributed by atoms with E-state index in [0.717, 1.165) is 5.56 Å². The van der Waals surface area contributed by atoms with Gasteiger partial charge in [-0.3, -0.25) is 14.9 Å². The Kier molecular flexibility index (Phi) is 7.01. The molecule has 2 N–H and O–H groups in total. The Labute approximate surface area is 128 Å². The summed E-state index contributed by atoms with van der Waals surface area (Å²) < 4.78 is 0. The average molecular weight is 308 g/mol. The maximum absolute atomic E-state index is 12.1. The molecule has 0 heterocycles. The molecule has 0 saturated heterocycles. The summed E-state index contributed by atoms with van der Waals surface area (Å²) in [5.74, 6) is -2.13. The fourth-order valence-electron chi connectivity index (χ4n) is 2.12. The number of carbonyl (C=O) groups is 2. The van der Waals surface area contributed by atoms with E-state index in [1.807, 2.05) is 6.07 Å². The van der Waals surface area contributed by atoms with Crippen LogP contribution >= 0.6 is 0 Å². The van der Waals surface area contributed by atoms with Crippen molar-refractivity contribution in [3.05, 3.63) is 46.0 Å². The van der Waals surface area contributed by atoms with Crippen molar-refractivity contribution < 1.29 is 19.6 Å². The average Bonchev–Trinajstić information content (AvgIpc) is 2.47.